The molecule has 1 aromatic heterocycles. The molecule has 0 radical (unpaired) electrons. The molecule has 1 atom stereocenters. The van der Waals surface area contributed by atoms with Crippen molar-refractivity contribution in [3.63, 3.8) is 0 Å². The molecule has 0 aliphatic carbocycles. The van der Waals surface area contributed by atoms with Gasteiger partial charge in [0.05, 0.1) is 18.8 Å². The van der Waals surface area contributed by atoms with Crippen LogP contribution in [0.5, 0.6) is 0 Å². The van der Waals surface area contributed by atoms with Crippen molar-refractivity contribution >= 4 is 16.9 Å². The average molecular weight is 355 g/mol. The predicted octanol–water partition coefficient (Wildman–Crippen LogP) is 4.72. The fourth-order valence-corrected chi connectivity index (χ4v) is 3.69. The molecule has 1 fully saturated rings. The quantitative estimate of drug-likeness (QED) is 0.748. The summed E-state index contributed by atoms with van der Waals surface area (Å²) in [4.78, 5) is 14.2. The van der Waals surface area contributed by atoms with Crippen molar-refractivity contribution in [1.82, 2.24) is 4.90 Å². The SMILES string of the molecule is CCC1=C(CC)CN(C(=O)C2CCOC2)C1.Cc1ccc2occc2c1. The highest BCUT2D eigenvalue weighted by atomic mass is 16.5. The van der Waals surface area contributed by atoms with Crippen LogP contribution in [0.4, 0.5) is 0 Å². The molecule has 4 rings (SSSR count). The first kappa shape index (κ1) is 18.7. The van der Waals surface area contributed by atoms with E-state index >= 15 is 0 Å². The van der Waals surface area contributed by atoms with E-state index in [0.717, 1.165) is 44.5 Å². The van der Waals surface area contributed by atoms with Gasteiger partial charge in [-0.1, -0.05) is 36.6 Å². The Balaban J connectivity index is 0.000000167. The van der Waals surface area contributed by atoms with E-state index in [9.17, 15) is 4.79 Å². The molecule has 140 valence electrons. The second-order valence-corrected chi connectivity index (χ2v) is 7.13. The van der Waals surface area contributed by atoms with Gasteiger partial charge < -0.3 is 14.1 Å². The van der Waals surface area contributed by atoms with Crippen molar-refractivity contribution in [2.75, 3.05) is 26.3 Å². The van der Waals surface area contributed by atoms with Crippen LogP contribution in [0.1, 0.15) is 38.7 Å². The summed E-state index contributed by atoms with van der Waals surface area (Å²) in [5.41, 5.74) is 5.17. The molecule has 1 saturated heterocycles. The minimum atomic E-state index is 0.120. The van der Waals surface area contributed by atoms with Gasteiger partial charge in [0.25, 0.3) is 0 Å². The Morgan fingerprint density at radius 2 is 1.88 bits per heavy atom. The number of hydrogen-bond donors (Lipinski definition) is 0. The van der Waals surface area contributed by atoms with Crippen molar-refractivity contribution in [2.45, 2.75) is 40.0 Å². The fourth-order valence-electron chi connectivity index (χ4n) is 3.69. The number of furan rings is 1. The summed E-state index contributed by atoms with van der Waals surface area (Å²) >= 11 is 0. The monoisotopic (exact) mass is 355 g/mol. The summed E-state index contributed by atoms with van der Waals surface area (Å²) in [7, 11) is 0. The van der Waals surface area contributed by atoms with Crippen molar-refractivity contribution in [3.8, 4) is 0 Å². The van der Waals surface area contributed by atoms with Crippen molar-refractivity contribution in [2.24, 2.45) is 5.92 Å². The molecule has 4 nitrogen and oxygen atoms in total. The lowest BCUT2D eigenvalue weighted by Gasteiger charge is -2.20. The van der Waals surface area contributed by atoms with Gasteiger partial charge in [-0.05, 0) is 44.4 Å². The lowest BCUT2D eigenvalue weighted by Crippen LogP contribution is -2.35. The van der Waals surface area contributed by atoms with Gasteiger partial charge in [0.2, 0.25) is 5.91 Å². The fraction of sp³-hybridized carbons (Fsp3) is 0.500. The highest BCUT2D eigenvalue weighted by molar-refractivity contribution is 5.80. The van der Waals surface area contributed by atoms with Gasteiger partial charge in [0.15, 0.2) is 0 Å². The minimum Gasteiger partial charge on any atom is -0.464 e. The molecular formula is C22H29NO3. The van der Waals surface area contributed by atoms with Crippen LogP contribution in [0.25, 0.3) is 11.0 Å². The molecule has 2 aliphatic heterocycles. The highest BCUT2D eigenvalue weighted by Gasteiger charge is 2.31. The third-order valence-corrected chi connectivity index (χ3v) is 5.32. The van der Waals surface area contributed by atoms with E-state index in [1.165, 1.54) is 22.1 Å². The van der Waals surface area contributed by atoms with Crippen molar-refractivity contribution < 1.29 is 13.9 Å². The molecule has 2 aromatic rings. The average Bonchev–Trinajstić information content (AvgIpc) is 3.40. The number of hydrogen-bond acceptors (Lipinski definition) is 3. The van der Waals surface area contributed by atoms with E-state index in [1.807, 2.05) is 23.1 Å². The number of amides is 1. The summed E-state index contributed by atoms with van der Waals surface area (Å²) < 4.78 is 10.5. The number of aryl methyl sites for hydroxylation is 1. The van der Waals surface area contributed by atoms with Crippen LogP contribution < -0.4 is 0 Å². The summed E-state index contributed by atoms with van der Waals surface area (Å²) in [5, 5.41) is 1.18. The Labute approximate surface area is 155 Å². The van der Waals surface area contributed by atoms with Gasteiger partial charge in [-0.2, -0.15) is 0 Å². The molecule has 26 heavy (non-hydrogen) atoms. The maximum absolute atomic E-state index is 12.2. The van der Waals surface area contributed by atoms with E-state index in [0.29, 0.717) is 12.5 Å². The lowest BCUT2D eigenvalue weighted by molar-refractivity contribution is -0.134. The smallest absolute Gasteiger partial charge is 0.228 e. The first-order chi connectivity index (χ1) is 12.6. The number of carbonyl (C=O) groups excluding carboxylic acids is 1. The zero-order valence-corrected chi connectivity index (χ0v) is 16.1. The number of rotatable bonds is 3. The minimum absolute atomic E-state index is 0.120. The van der Waals surface area contributed by atoms with Crippen LogP contribution in [0.15, 0.2) is 46.1 Å². The van der Waals surface area contributed by atoms with Gasteiger partial charge in [-0.3, -0.25) is 4.79 Å². The first-order valence-corrected chi connectivity index (χ1v) is 9.62. The number of ether oxygens (including phenoxy) is 1. The number of fused-ring (bicyclic) bond motifs is 1. The Bertz CT molecular complexity index is 768. The van der Waals surface area contributed by atoms with E-state index < -0.39 is 0 Å². The summed E-state index contributed by atoms with van der Waals surface area (Å²) in [6, 6.07) is 8.12. The van der Waals surface area contributed by atoms with E-state index in [-0.39, 0.29) is 5.92 Å². The Kier molecular flexibility index (Phi) is 6.15. The maximum Gasteiger partial charge on any atom is 0.228 e. The highest BCUT2D eigenvalue weighted by Crippen LogP contribution is 2.25. The van der Waals surface area contributed by atoms with E-state index in [2.05, 4.69) is 26.8 Å². The third-order valence-electron chi connectivity index (χ3n) is 5.32. The Morgan fingerprint density at radius 1 is 1.15 bits per heavy atom. The molecule has 0 saturated carbocycles. The number of benzene rings is 1. The molecule has 4 heteroatoms. The predicted molar refractivity (Wildman–Crippen MR) is 104 cm³/mol. The number of nitrogens with zero attached hydrogens (tertiary/aromatic N) is 1. The van der Waals surface area contributed by atoms with Crippen molar-refractivity contribution in [1.29, 1.82) is 0 Å². The van der Waals surface area contributed by atoms with Gasteiger partial charge in [0, 0.05) is 25.1 Å². The van der Waals surface area contributed by atoms with Crippen LogP contribution in [0.2, 0.25) is 0 Å². The molecule has 1 unspecified atom stereocenters. The van der Waals surface area contributed by atoms with Crippen LogP contribution in [-0.2, 0) is 9.53 Å². The summed E-state index contributed by atoms with van der Waals surface area (Å²) in [6.45, 7) is 9.52. The van der Waals surface area contributed by atoms with Crippen LogP contribution in [-0.4, -0.2) is 37.1 Å². The van der Waals surface area contributed by atoms with Crippen LogP contribution in [0, 0.1) is 12.8 Å². The Morgan fingerprint density at radius 3 is 2.50 bits per heavy atom. The molecule has 0 spiro atoms. The first-order valence-electron chi connectivity index (χ1n) is 9.62. The second kappa shape index (κ2) is 8.54. The molecule has 1 amide bonds. The molecule has 2 aliphatic rings. The van der Waals surface area contributed by atoms with Gasteiger partial charge in [-0.25, -0.2) is 0 Å². The zero-order chi connectivity index (χ0) is 18.5. The van der Waals surface area contributed by atoms with Crippen molar-refractivity contribution in [3.05, 3.63) is 47.2 Å². The summed E-state index contributed by atoms with van der Waals surface area (Å²) in [5.74, 6) is 0.418. The molecule has 1 aromatic carbocycles. The van der Waals surface area contributed by atoms with Gasteiger partial charge >= 0.3 is 0 Å². The van der Waals surface area contributed by atoms with Crippen LogP contribution >= 0.6 is 0 Å². The van der Waals surface area contributed by atoms with E-state index in [1.54, 1.807) is 6.26 Å². The maximum atomic E-state index is 12.2. The molecule has 3 heterocycles. The standard InChI is InChI=1S/C13H21NO2.C9H8O/c1-3-10-7-14(8-11(10)4-2)13(15)12-5-6-16-9-12;1-7-2-3-9-8(6-7)4-5-10-9/h12H,3-9H2,1-2H3;2-6H,1H3. The van der Waals surface area contributed by atoms with Crippen LogP contribution in [0.3, 0.4) is 0 Å². The number of carbonyl (C=O) groups is 1. The molecule has 0 N–H and O–H groups in total. The van der Waals surface area contributed by atoms with Gasteiger partial charge in [-0.15, -0.1) is 0 Å². The van der Waals surface area contributed by atoms with Gasteiger partial charge in [0.1, 0.15) is 5.58 Å². The largest absolute Gasteiger partial charge is 0.464 e. The normalized spacial score (nSPS) is 19.8. The lowest BCUT2D eigenvalue weighted by atomic mass is 10.1. The zero-order valence-electron chi connectivity index (χ0n) is 16.1. The molecular weight excluding hydrogens is 326 g/mol. The topological polar surface area (TPSA) is 42.7 Å². The van der Waals surface area contributed by atoms with E-state index in [4.69, 9.17) is 9.15 Å². The summed E-state index contributed by atoms with van der Waals surface area (Å²) in [6.07, 6.45) is 4.77. The second-order valence-electron chi connectivity index (χ2n) is 7.13. The third kappa shape index (κ3) is 4.18. The Hall–Kier alpha value is -2.07. The molecule has 0 bridgehead atoms.